The molecule has 0 saturated heterocycles. The Labute approximate surface area is 125 Å². The molecule has 0 fully saturated rings. The van der Waals surface area contributed by atoms with Gasteiger partial charge in [0.25, 0.3) is 10.0 Å². The number of sulfonamides is 1. The summed E-state index contributed by atoms with van der Waals surface area (Å²) in [4.78, 5) is 0. The van der Waals surface area contributed by atoms with E-state index in [2.05, 4.69) is 24.4 Å². The van der Waals surface area contributed by atoms with E-state index in [9.17, 15) is 8.42 Å². The van der Waals surface area contributed by atoms with Crippen LogP contribution >= 0.6 is 0 Å². The molecule has 2 rings (SSSR count). The van der Waals surface area contributed by atoms with Crippen molar-refractivity contribution in [2.45, 2.75) is 30.9 Å². The largest absolute Gasteiger partial charge is 0.447 e. The number of nitrogens with two attached hydrogens (primary N) is 1. The van der Waals surface area contributed by atoms with Crippen LogP contribution in [0.1, 0.15) is 30.6 Å². The third kappa shape index (κ3) is 4.70. The first-order valence-corrected chi connectivity index (χ1v) is 8.38. The van der Waals surface area contributed by atoms with Crippen molar-refractivity contribution in [1.82, 2.24) is 5.32 Å². The number of furan rings is 1. The summed E-state index contributed by atoms with van der Waals surface area (Å²) < 4.78 is 27.3. The predicted octanol–water partition coefficient (Wildman–Crippen LogP) is 2.21. The lowest BCUT2D eigenvalue weighted by Crippen LogP contribution is -2.16. The van der Waals surface area contributed by atoms with Gasteiger partial charge in [0.15, 0.2) is 0 Å². The Kier molecular flexibility index (Phi) is 5.17. The molecular weight excluding hydrogens is 288 g/mol. The summed E-state index contributed by atoms with van der Waals surface area (Å²) in [6.45, 7) is 3.49. The summed E-state index contributed by atoms with van der Waals surface area (Å²) in [6.07, 6.45) is 0.993. The molecule has 1 aromatic carbocycles. The van der Waals surface area contributed by atoms with Gasteiger partial charge in [0, 0.05) is 0 Å². The SMILES string of the molecule is CC(CCNCc1ccc(S(N)(=O)=O)o1)c1ccccc1. The van der Waals surface area contributed by atoms with Gasteiger partial charge in [-0.25, -0.2) is 13.6 Å². The normalized spacial score (nSPS) is 13.2. The van der Waals surface area contributed by atoms with Crippen molar-refractivity contribution in [3.63, 3.8) is 0 Å². The lowest BCUT2D eigenvalue weighted by atomic mass is 9.98. The van der Waals surface area contributed by atoms with Gasteiger partial charge >= 0.3 is 0 Å². The van der Waals surface area contributed by atoms with Crippen LogP contribution in [0.4, 0.5) is 0 Å². The monoisotopic (exact) mass is 308 g/mol. The second-order valence-electron chi connectivity index (χ2n) is 5.04. The highest BCUT2D eigenvalue weighted by Gasteiger charge is 2.13. The molecule has 1 unspecified atom stereocenters. The van der Waals surface area contributed by atoms with Gasteiger partial charge in [-0.3, -0.25) is 0 Å². The minimum absolute atomic E-state index is 0.197. The average molecular weight is 308 g/mol. The van der Waals surface area contributed by atoms with E-state index >= 15 is 0 Å². The number of benzene rings is 1. The molecule has 114 valence electrons. The van der Waals surface area contributed by atoms with Gasteiger partial charge < -0.3 is 9.73 Å². The lowest BCUT2D eigenvalue weighted by molar-refractivity contribution is 0.401. The molecule has 0 bridgehead atoms. The molecule has 0 saturated carbocycles. The Morgan fingerprint density at radius 3 is 2.52 bits per heavy atom. The summed E-state index contributed by atoms with van der Waals surface area (Å²) in [5.41, 5.74) is 1.31. The van der Waals surface area contributed by atoms with Gasteiger partial charge in [0.05, 0.1) is 6.54 Å². The average Bonchev–Trinajstić information content (AvgIpc) is 2.93. The Morgan fingerprint density at radius 2 is 1.90 bits per heavy atom. The first-order chi connectivity index (χ1) is 9.97. The Bertz CT molecular complexity index is 665. The molecule has 21 heavy (non-hydrogen) atoms. The van der Waals surface area contributed by atoms with Gasteiger partial charge in [-0.1, -0.05) is 37.3 Å². The van der Waals surface area contributed by atoms with E-state index in [0.717, 1.165) is 13.0 Å². The Hall–Kier alpha value is -1.63. The summed E-state index contributed by atoms with van der Waals surface area (Å²) in [7, 11) is -3.76. The second kappa shape index (κ2) is 6.89. The number of nitrogens with one attached hydrogen (secondary N) is 1. The highest BCUT2D eigenvalue weighted by Crippen LogP contribution is 2.17. The Morgan fingerprint density at radius 1 is 1.19 bits per heavy atom. The van der Waals surface area contributed by atoms with Crippen molar-refractivity contribution in [1.29, 1.82) is 0 Å². The van der Waals surface area contributed by atoms with Crippen molar-refractivity contribution >= 4 is 10.0 Å². The molecule has 0 aliphatic heterocycles. The highest BCUT2D eigenvalue weighted by atomic mass is 32.2. The standard InChI is InChI=1S/C15H20N2O3S/c1-12(13-5-3-2-4-6-13)9-10-17-11-14-7-8-15(20-14)21(16,18)19/h2-8,12,17H,9-11H2,1H3,(H2,16,18,19). The van der Waals surface area contributed by atoms with Crippen molar-refractivity contribution < 1.29 is 12.8 Å². The highest BCUT2D eigenvalue weighted by molar-refractivity contribution is 7.89. The molecular formula is C15H20N2O3S. The summed E-state index contributed by atoms with van der Waals surface area (Å²) in [5.74, 6) is 1.03. The predicted molar refractivity (Wildman–Crippen MR) is 81.3 cm³/mol. The van der Waals surface area contributed by atoms with Crippen LogP contribution < -0.4 is 10.5 Å². The van der Waals surface area contributed by atoms with E-state index in [1.54, 1.807) is 6.07 Å². The molecule has 1 heterocycles. The molecule has 0 amide bonds. The smallest absolute Gasteiger partial charge is 0.271 e. The number of primary sulfonamides is 1. The molecule has 5 nitrogen and oxygen atoms in total. The molecule has 0 spiro atoms. The first-order valence-electron chi connectivity index (χ1n) is 6.84. The van der Waals surface area contributed by atoms with Gasteiger partial charge in [-0.2, -0.15) is 0 Å². The third-order valence-electron chi connectivity index (χ3n) is 3.34. The quantitative estimate of drug-likeness (QED) is 0.768. The van der Waals surface area contributed by atoms with Crippen LogP contribution in [0, 0.1) is 0 Å². The minimum atomic E-state index is -3.76. The fraction of sp³-hybridized carbons (Fsp3) is 0.333. The molecule has 1 aromatic heterocycles. The van der Waals surface area contributed by atoms with E-state index in [1.165, 1.54) is 11.6 Å². The first kappa shape index (κ1) is 15.8. The van der Waals surface area contributed by atoms with E-state index in [0.29, 0.717) is 18.2 Å². The van der Waals surface area contributed by atoms with E-state index < -0.39 is 10.0 Å². The zero-order valence-electron chi connectivity index (χ0n) is 12.0. The molecule has 0 aliphatic rings. The van der Waals surface area contributed by atoms with Crippen molar-refractivity contribution in [2.75, 3.05) is 6.54 Å². The molecule has 1 atom stereocenters. The zero-order valence-corrected chi connectivity index (χ0v) is 12.8. The summed E-state index contributed by atoms with van der Waals surface area (Å²) in [5, 5.41) is 8.03. The van der Waals surface area contributed by atoms with Crippen LogP contribution in [-0.2, 0) is 16.6 Å². The van der Waals surface area contributed by atoms with E-state index in [4.69, 9.17) is 9.56 Å². The van der Waals surface area contributed by atoms with Gasteiger partial charge in [0.2, 0.25) is 5.09 Å². The topological polar surface area (TPSA) is 85.3 Å². The maximum Gasteiger partial charge on any atom is 0.271 e. The number of hydrogen-bond donors (Lipinski definition) is 2. The molecule has 6 heteroatoms. The van der Waals surface area contributed by atoms with Crippen LogP contribution in [0.3, 0.4) is 0 Å². The van der Waals surface area contributed by atoms with Crippen LogP contribution in [-0.4, -0.2) is 15.0 Å². The van der Waals surface area contributed by atoms with Crippen LogP contribution in [0.25, 0.3) is 0 Å². The zero-order chi connectivity index (χ0) is 15.3. The lowest BCUT2D eigenvalue weighted by Gasteiger charge is -2.11. The number of rotatable bonds is 7. The molecule has 3 N–H and O–H groups in total. The van der Waals surface area contributed by atoms with Crippen LogP contribution in [0.15, 0.2) is 52.0 Å². The summed E-state index contributed by atoms with van der Waals surface area (Å²) >= 11 is 0. The van der Waals surface area contributed by atoms with Crippen molar-refractivity contribution in [3.05, 3.63) is 53.8 Å². The summed E-state index contributed by atoms with van der Waals surface area (Å²) in [6, 6.07) is 13.3. The van der Waals surface area contributed by atoms with Crippen LogP contribution in [0.5, 0.6) is 0 Å². The van der Waals surface area contributed by atoms with E-state index in [1.807, 2.05) is 18.2 Å². The Balaban J connectivity index is 1.76. The third-order valence-corrected chi connectivity index (χ3v) is 4.12. The van der Waals surface area contributed by atoms with Gasteiger partial charge in [-0.05, 0) is 36.6 Å². The maximum absolute atomic E-state index is 11.1. The maximum atomic E-state index is 11.1. The van der Waals surface area contributed by atoms with Gasteiger partial charge in [-0.15, -0.1) is 0 Å². The van der Waals surface area contributed by atoms with Crippen LogP contribution in [0.2, 0.25) is 0 Å². The molecule has 2 aromatic rings. The molecule has 0 aliphatic carbocycles. The number of hydrogen-bond acceptors (Lipinski definition) is 4. The fourth-order valence-corrected chi connectivity index (χ4v) is 2.57. The van der Waals surface area contributed by atoms with E-state index in [-0.39, 0.29) is 5.09 Å². The van der Waals surface area contributed by atoms with Crippen molar-refractivity contribution in [3.8, 4) is 0 Å². The van der Waals surface area contributed by atoms with Gasteiger partial charge in [0.1, 0.15) is 5.76 Å². The van der Waals surface area contributed by atoms with Crippen molar-refractivity contribution in [2.24, 2.45) is 5.14 Å². The molecule has 0 radical (unpaired) electrons. The second-order valence-corrected chi connectivity index (χ2v) is 6.54. The minimum Gasteiger partial charge on any atom is -0.447 e. The fourth-order valence-electron chi connectivity index (χ4n) is 2.08.